The second kappa shape index (κ2) is 7.06. The van der Waals surface area contributed by atoms with Crippen LogP contribution < -0.4 is 0 Å². The zero-order valence-electron chi connectivity index (χ0n) is 10.9. The maximum absolute atomic E-state index is 11.9. The lowest BCUT2D eigenvalue weighted by atomic mass is 10.2. The van der Waals surface area contributed by atoms with Crippen LogP contribution in [0.5, 0.6) is 0 Å². The monoisotopic (exact) mass is 243 g/mol. The van der Waals surface area contributed by atoms with Crippen LogP contribution in [0.2, 0.25) is 0 Å². The van der Waals surface area contributed by atoms with Gasteiger partial charge in [-0.1, -0.05) is 6.08 Å². The van der Waals surface area contributed by atoms with Gasteiger partial charge in [-0.15, -0.1) is 6.58 Å². The second-order valence-electron chi connectivity index (χ2n) is 4.58. The normalized spacial score (nSPS) is 12.7. The third-order valence-electron chi connectivity index (χ3n) is 1.85. The summed E-state index contributed by atoms with van der Waals surface area (Å²) in [6.45, 7) is 9.22. The van der Waals surface area contributed by atoms with Gasteiger partial charge >= 0.3 is 6.09 Å². The summed E-state index contributed by atoms with van der Waals surface area (Å²) < 4.78 is 10.1. The van der Waals surface area contributed by atoms with Crippen LogP contribution in [0.15, 0.2) is 12.7 Å². The summed E-state index contributed by atoms with van der Waals surface area (Å²) in [5, 5.41) is 0. The molecule has 0 spiro atoms. The fourth-order valence-corrected chi connectivity index (χ4v) is 1.18. The van der Waals surface area contributed by atoms with Crippen molar-refractivity contribution in [3.8, 4) is 0 Å². The molecule has 1 amide bonds. The first kappa shape index (κ1) is 15.6. The van der Waals surface area contributed by atoms with Crippen molar-refractivity contribution in [2.45, 2.75) is 32.4 Å². The van der Waals surface area contributed by atoms with Crippen molar-refractivity contribution in [3.05, 3.63) is 12.7 Å². The number of ether oxygens (including phenoxy) is 2. The highest BCUT2D eigenvalue weighted by Crippen LogP contribution is 2.11. The molecule has 5 heteroatoms. The lowest BCUT2D eigenvalue weighted by molar-refractivity contribution is -0.114. The Morgan fingerprint density at radius 3 is 2.41 bits per heavy atom. The third kappa shape index (κ3) is 6.06. The van der Waals surface area contributed by atoms with Gasteiger partial charge in [0.05, 0.1) is 6.61 Å². The SMILES string of the molecule is C=CCN(C(=O)OC(C)(C)C)C(C=O)COC. The highest BCUT2D eigenvalue weighted by atomic mass is 16.6. The molecule has 0 aliphatic rings. The van der Waals surface area contributed by atoms with Gasteiger partial charge in [0.25, 0.3) is 0 Å². The number of aldehydes is 1. The van der Waals surface area contributed by atoms with Crippen LogP contribution in [0.25, 0.3) is 0 Å². The van der Waals surface area contributed by atoms with Crippen LogP contribution >= 0.6 is 0 Å². The molecule has 98 valence electrons. The Hall–Kier alpha value is -1.36. The van der Waals surface area contributed by atoms with E-state index in [2.05, 4.69) is 6.58 Å². The molecule has 0 aromatic carbocycles. The highest BCUT2D eigenvalue weighted by molar-refractivity contribution is 5.74. The van der Waals surface area contributed by atoms with Crippen LogP contribution in [0, 0.1) is 0 Å². The van der Waals surface area contributed by atoms with Crippen molar-refractivity contribution in [2.75, 3.05) is 20.3 Å². The lowest BCUT2D eigenvalue weighted by Crippen LogP contribution is -2.46. The predicted octanol–water partition coefficient (Wildman–Crippen LogP) is 1.62. The van der Waals surface area contributed by atoms with E-state index in [9.17, 15) is 9.59 Å². The minimum atomic E-state index is -0.659. The smallest absolute Gasteiger partial charge is 0.411 e. The average Bonchev–Trinajstić information content (AvgIpc) is 2.20. The molecule has 17 heavy (non-hydrogen) atoms. The van der Waals surface area contributed by atoms with Crippen LogP contribution in [0.3, 0.4) is 0 Å². The van der Waals surface area contributed by atoms with Gasteiger partial charge in [0.15, 0.2) is 0 Å². The van der Waals surface area contributed by atoms with E-state index < -0.39 is 17.7 Å². The summed E-state index contributed by atoms with van der Waals surface area (Å²) >= 11 is 0. The van der Waals surface area contributed by atoms with Gasteiger partial charge in [0, 0.05) is 13.7 Å². The molecule has 0 heterocycles. The van der Waals surface area contributed by atoms with E-state index in [1.165, 1.54) is 18.1 Å². The third-order valence-corrected chi connectivity index (χ3v) is 1.85. The molecule has 0 saturated heterocycles. The molecule has 5 nitrogen and oxygen atoms in total. The van der Waals surface area contributed by atoms with Gasteiger partial charge in [-0.3, -0.25) is 4.90 Å². The zero-order chi connectivity index (χ0) is 13.5. The van der Waals surface area contributed by atoms with Crippen molar-refractivity contribution < 1.29 is 19.1 Å². The first-order valence-electron chi connectivity index (χ1n) is 5.40. The predicted molar refractivity (Wildman–Crippen MR) is 64.9 cm³/mol. The van der Waals surface area contributed by atoms with Crippen molar-refractivity contribution in [1.29, 1.82) is 0 Å². The second-order valence-corrected chi connectivity index (χ2v) is 4.58. The maximum Gasteiger partial charge on any atom is 0.411 e. The van der Waals surface area contributed by atoms with Crippen molar-refractivity contribution in [1.82, 2.24) is 4.90 Å². The molecule has 0 N–H and O–H groups in total. The first-order valence-corrected chi connectivity index (χ1v) is 5.40. The van der Waals surface area contributed by atoms with Crippen LogP contribution in [0.1, 0.15) is 20.8 Å². The molecule has 0 rings (SSSR count). The zero-order valence-corrected chi connectivity index (χ0v) is 10.9. The molecule has 0 bridgehead atoms. The van der Waals surface area contributed by atoms with Gasteiger partial charge in [0.2, 0.25) is 0 Å². The maximum atomic E-state index is 11.9. The van der Waals surface area contributed by atoms with Gasteiger partial charge in [0.1, 0.15) is 17.9 Å². The Kier molecular flexibility index (Phi) is 6.50. The highest BCUT2D eigenvalue weighted by Gasteiger charge is 2.27. The Labute approximate surface area is 102 Å². The number of rotatable bonds is 6. The Bertz CT molecular complexity index is 270. The van der Waals surface area contributed by atoms with Crippen LogP contribution in [-0.4, -0.2) is 49.2 Å². The number of hydrogen-bond donors (Lipinski definition) is 0. The quantitative estimate of drug-likeness (QED) is 0.525. The van der Waals surface area contributed by atoms with E-state index in [4.69, 9.17) is 9.47 Å². The Morgan fingerprint density at radius 1 is 1.47 bits per heavy atom. The fourth-order valence-electron chi connectivity index (χ4n) is 1.18. The number of nitrogens with zero attached hydrogens (tertiary/aromatic N) is 1. The first-order chi connectivity index (χ1) is 7.85. The Balaban J connectivity index is 4.75. The average molecular weight is 243 g/mol. The summed E-state index contributed by atoms with van der Waals surface area (Å²) in [7, 11) is 1.47. The molecule has 0 radical (unpaired) electrons. The number of methoxy groups -OCH3 is 1. The van der Waals surface area contributed by atoms with E-state index in [1.807, 2.05) is 0 Å². The standard InChI is InChI=1S/C12H21NO4/c1-6-7-13(10(8-14)9-16-5)11(15)17-12(2,3)4/h6,8,10H,1,7,9H2,2-5H3. The molecule has 0 aliphatic carbocycles. The van der Waals surface area contributed by atoms with Crippen molar-refractivity contribution in [2.24, 2.45) is 0 Å². The molecule has 0 aliphatic heterocycles. The minimum absolute atomic E-state index is 0.135. The molecule has 1 atom stereocenters. The summed E-state index contributed by atoms with van der Waals surface area (Å²) in [5.41, 5.74) is -0.600. The van der Waals surface area contributed by atoms with E-state index in [0.717, 1.165) is 0 Å². The molecule has 1 unspecified atom stereocenters. The van der Waals surface area contributed by atoms with E-state index in [-0.39, 0.29) is 13.2 Å². The van der Waals surface area contributed by atoms with E-state index in [0.29, 0.717) is 6.29 Å². The number of amides is 1. The molecular formula is C12H21NO4. The molecular weight excluding hydrogens is 222 g/mol. The number of hydrogen-bond acceptors (Lipinski definition) is 4. The van der Waals surface area contributed by atoms with E-state index in [1.54, 1.807) is 20.8 Å². The summed E-state index contributed by atoms with van der Waals surface area (Å²) in [6.07, 6.45) is 1.65. The molecule has 0 saturated carbocycles. The topological polar surface area (TPSA) is 55.8 Å². The van der Waals surface area contributed by atoms with Gasteiger partial charge in [-0.25, -0.2) is 4.79 Å². The summed E-state index contributed by atoms with van der Waals surface area (Å²) in [5.74, 6) is 0. The van der Waals surface area contributed by atoms with Crippen LogP contribution in [-0.2, 0) is 14.3 Å². The van der Waals surface area contributed by atoms with Crippen LogP contribution in [0.4, 0.5) is 4.79 Å². The molecule has 0 aromatic heterocycles. The summed E-state index contributed by atoms with van der Waals surface area (Å²) in [4.78, 5) is 24.1. The van der Waals surface area contributed by atoms with E-state index >= 15 is 0 Å². The molecule has 0 aromatic rings. The Morgan fingerprint density at radius 2 is 2.06 bits per heavy atom. The van der Waals surface area contributed by atoms with Gasteiger partial charge in [-0.05, 0) is 20.8 Å². The number of carbonyl (C=O) groups is 2. The number of carbonyl (C=O) groups excluding carboxylic acids is 2. The van der Waals surface area contributed by atoms with Gasteiger partial charge < -0.3 is 14.3 Å². The van der Waals surface area contributed by atoms with Crippen molar-refractivity contribution >= 4 is 12.4 Å². The minimum Gasteiger partial charge on any atom is -0.444 e. The fraction of sp³-hybridized carbons (Fsp3) is 0.667. The van der Waals surface area contributed by atoms with Crippen molar-refractivity contribution in [3.63, 3.8) is 0 Å². The largest absolute Gasteiger partial charge is 0.444 e. The van der Waals surface area contributed by atoms with Gasteiger partial charge in [-0.2, -0.15) is 0 Å². The molecule has 0 fully saturated rings. The summed E-state index contributed by atoms with van der Waals surface area (Å²) in [6, 6.07) is -0.659. The lowest BCUT2D eigenvalue weighted by Gasteiger charge is -2.29.